The van der Waals surface area contributed by atoms with Crippen molar-refractivity contribution in [2.75, 3.05) is 0 Å². The van der Waals surface area contributed by atoms with Crippen LogP contribution >= 0.6 is 7.92 Å². The SMILES string of the molecule is C1CCC(P(C2CCCCC2)C2CCCCC2)CC1.[H]. The van der Waals surface area contributed by atoms with Crippen molar-refractivity contribution in [2.24, 2.45) is 0 Å². The highest BCUT2D eigenvalue weighted by Crippen LogP contribution is 2.61. The molecule has 1 radical (unpaired) electrons. The molecule has 0 nitrogen and oxygen atoms in total. The number of hydrogen-bond donors (Lipinski definition) is 0. The van der Waals surface area contributed by atoms with Gasteiger partial charge in [-0.25, -0.2) is 0 Å². The lowest BCUT2D eigenvalue weighted by atomic mass is 9.99. The van der Waals surface area contributed by atoms with Crippen molar-refractivity contribution in [3.05, 3.63) is 0 Å². The first-order chi connectivity index (χ1) is 9.45. The molecule has 0 saturated heterocycles. The zero-order valence-corrected chi connectivity index (χ0v) is 13.7. The van der Waals surface area contributed by atoms with Crippen LogP contribution in [-0.2, 0) is 0 Å². The van der Waals surface area contributed by atoms with Gasteiger partial charge in [-0.15, -0.1) is 0 Å². The van der Waals surface area contributed by atoms with Gasteiger partial charge in [0.1, 0.15) is 0 Å². The molecule has 3 rings (SSSR count). The van der Waals surface area contributed by atoms with Crippen LogP contribution in [0.25, 0.3) is 0 Å². The smallest absolute Gasteiger partial charge is 0 e. The van der Waals surface area contributed by atoms with Gasteiger partial charge in [0.15, 0.2) is 0 Å². The molecular weight excluding hydrogens is 247 g/mol. The molecule has 0 aromatic rings. The first-order valence-corrected chi connectivity index (χ1v) is 10.8. The molecule has 3 aliphatic rings. The minimum Gasteiger partial charge on any atom is -0.0971 e. The maximum Gasteiger partial charge on any atom is 0 e. The third kappa shape index (κ3) is 3.75. The Labute approximate surface area is 123 Å². The van der Waals surface area contributed by atoms with E-state index in [0.29, 0.717) is 7.92 Å². The fraction of sp³-hybridized carbons (Fsp3) is 1.00. The number of hydrogen-bond acceptors (Lipinski definition) is 0. The minimum absolute atomic E-state index is 0. The standard InChI is InChI=1S/C18H33P.H/c1-4-10-16(11-5-1)19(17-12-6-2-7-13-17)18-14-8-3-9-15-18;/h16-18H,1-15H2;. The topological polar surface area (TPSA) is 0 Å². The van der Waals surface area contributed by atoms with E-state index >= 15 is 0 Å². The summed E-state index contributed by atoms with van der Waals surface area (Å²) in [5.41, 5.74) is 3.57. The predicted octanol–water partition coefficient (Wildman–Crippen LogP) is 6.58. The zero-order valence-electron chi connectivity index (χ0n) is 13.8. The average molecular weight is 281 g/mol. The largest absolute Gasteiger partial charge is 0.0971 e. The van der Waals surface area contributed by atoms with Crippen molar-refractivity contribution in [1.82, 2.24) is 0 Å². The average Bonchev–Trinajstić information content (AvgIpc) is 2.51. The summed E-state index contributed by atoms with van der Waals surface area (Å²) in [6, 6.07) is 0. The maximum atomic E-state index is 1.61. The second kappa shape index (κ2) is 7.44. The lowest BCUT2D eigenvalue weighted by Gasteiger charge is -2.44. The van der Waals surface area contributed by atoms with Crippen molar-refractivity contribution in [3.63, 3.8) is 0 Å². The van der Waals surface area contributed by atoms with Crippen LogP contribution in [0.3, 0.4) is 0 Å². The first kappa shape index (κ1) is 14.4. The molecule has 1 heteroatoms. The predicted molar refractivity (Wildman–Crippen MR) is 88.7 cm³/mol. The van der Waals surface area contributed by atoms with E-state index in [1.807, 2.05) is 0 Å². The highest BCUT2D eigenvalue weighted by Gasteiger charge is 2.36. The summed E-state index contributed by atoms with van der Waals surface area (Å²) >= 11 is 0. The summed E-state index contributed by atoms with van der Waals surface area (Å²) in [6.45, 7) is 0. The van der Waals surface area contributed by atoms with E-state index in [-0.39, 0.29) is 1.43 Å². The Bertz CT molecular complexity index is 207. The molecule has 0 heterocycles. The second-order valence-electron chi connectivity index (χ2n) is 7.32. The lowest BCUT2D eigenvalue weighted by Crippen LogP contribution is -2.28. The van der Waals surface area contributed by atoms with Crippen LogP contribution < -0.4 is 0 Å². The zero-order chi connectivity index (χ0) is 12.9. The normalized spacial score (nSPS) is 28.9. The van der Waals surface area contributed by atoms with Crippen LogP contribution in [-0.4, -0.2) is 17.0 Å². The molecule has 0 bridgehead atoms. The maximum absolute atomic E-state index is 1.61. The Morgan fingerprint density at radius 1 is 0.421 bits per heavy atom. The molecule has 3 saturated carbocycles. The molecule has 0 aromatic carbocycles. The van der Waals surface area contributed by atoms with Gasteiger partial charge >= 0.3 is 0 Å². The van der Waals surface area contributed by atoms with Gasteiger partial charge in [-0.2, -0.15) is 0 Å². The van der Waals surface area contributed by atoms with E-state index in [1.165, 1.54) is 36.2 Å². The molecule has 0 aromatic heterocycles. The van der Waals surface area contributed by atoms with Gasteiger partial charge in [-0.05, 0) is 55.5 Å². The summed E-state index contributed by atoms with van der Waals surface area (Å²) in [4.78, 5) is 0. The third-order valence-corrected chi connectivity index (χ3v) is 10.1. The molecular formula is C18H34P. The van der Waals surface area contributed by atoms with E-state index in [4.69, 9.17) is 0 Å². The van der Waals surface area contributed by atoms with E-state index in [9.17, 15) is 0 Å². The van der Waals surface area contributed by atoms with Crippen molar-refractivity contribution in [2.45, 2.75) is 113 Å². The third-order valence-electron chi connectivity index (χ3n) is 5.99. The summed E-state index contributed by atoms with van der Waals surface area (Å²) in [5, 5.41) is 0. The van der Waals surface area contributed by atoms with Crippen molar-refractivity contribution in [1.29, 1.82) is 0 Å². The summed E-state index contributed by atoms with van der Waals surface area (Å²) < 4.78 is 0. The van der Waals surface area contributed by atoms with Crippen LogP contribution in [0.4, 0.5) is 0 Å². The second-order valence-corrected chi connectivity index (χ2v) is 10.4. The van der Waals surface area contributed by atoms with Crippen LogP contribution in [0, 0.1) is 0 Å². The lowest BCUT2D eigenvalue weighted by molar-refractivity contribution is 0.460. The molecule has 3 fully saturated rings. The molecule has 0 aliphatic heterocycles. The Morgan fingerprint density at radius 3 is 0.947 bits per heavy atom. The molecule has 0 spiro atoms. The molecule has 3 aliphatic carbocycles. The summed E-state index contributed by atoms with van der Waals surface area (Å²) in [5.74, 6) is 0. The Balaban J connectivity index is 0.00000147. The highest BCUT2D eigenvalue weighted by molar-refractivity contribution is 7.59. The van der Waals surface area contributed by atoms with Crippen molar-refractivity contribution < 1.29 is 1.43 Å². The molecule has 0 N–H and O–H groups in total. The van der Waals surface area contributed by atoms with Crippen LogP contribution in [0.1, 0.15) is 97.7 Å². The van der Waals surface area contributed by atoms with E-state index < -0.39 is 0 Å². The van der Waals surface area contributed by atoms with Crippen LogP contribution in [0.15, 0.2) is 0 Å². The Morgan fingerprint density at radius 2 is 0.684 bits per heavy atom. The summed E-state index contributed by atoms with van der Waals surface area (Å²) in [7, 11) is 0.385. The Hall–Kier alpha value is 0.430. The van der Waals surface area contributed by atoms with E-state index in [0.717, 1.165) is 0 Å². The van der Waals surface area contributed by atoms with Gasteiger partial charge in [0.05, 0.1) is 0 Å². The fourth-order valence-corrected chi connectivity index (χ4v) is 9.71. The van der Waals surface area contributed by atoms with E-state index in [2.05, 4.69) is 0 Å². The highest BCUT2D eigenvalue weighted by atomic mass is 31.1. The van der Waals surface area contributed by atoms with Crippen LogP contribution in [0.5, 0.6) is 0 Å². The molecule has 0 amide bonds. The summed E-state index contributed by atoms with van der Waals surface area (Å²) in [6.07, 6.45) is 23.6. The Kier molecular flexibility index (Phi) is 5.63. The quantitative estimate of drug-likeness (QED) is 0.513. The van der Waals surface area contributed by atoms with Gasteiger partial charge in [0, 0.05) is 1.43 Å². The molecule has 111 valence electrons. The first-order valence-electron chi connectivity index (χ1n) is 9.22. The van der Waals surface area contributed by atoms with Gasteiger partial charge in [-0.1, -0.05) is 65.7 Å². The minimum atomic E-state index is 0. The molecule has 0 unspecified atom stereocenters. The van der Waals surface area contributed by atoms with Crippen LogP contribution in [0.2, 0.25) is 0 Å². The molecule has 19 heavy (non-hydrogen) atoms. The molecule has 0 atom stereocenters. The monoisotopic (exact) mass is 281 g/mol. The van der Waals surface area contributed by atoms with Gasteiger partial charge in [0.2, 0.25) is 0 Å². The van der Waals surface area contributed by atoms with Crippen molar-refractivity contribution in [3.8, 4) is 0 Å². The van der Waals surface area contributed by atoms with E-state index in [1.54, 1.807) is 77.0 Å². The number of rotatable bonds is 3. The van der Waals surface area contributed by atoms with Gasteiger partial charge in [-0.3, -0.25) is 0 Å². The van der Waals surface area contributed by atoms with Gasteiger partial charge in [0.25, 0.3) is 0 Å². The van der Waals surface area contributed by atoms with Crippen molar-refractivity contribution >= 4 is 7.92 Å². The fourth-order valence-electron chi connectivity index (χ4n) is 5.03. The van der Waals surface area contributed by atoms with Gasteiger partial charge < -0.3 is 0 Å².